The Bertz CT molecular complexity index is 976. The van der Waals surface area contributed by atoms with Crippen LogP contribution >= 0.6 is 12.2 Å². The summed E-state index contributed by atoms with van der Waals surface area (Å²) in [6.07, 6.45) is 0. The number of hydrogen-bond acceptors (Lipinski definition) is 3. The molecule has 0 aliphatic rings. The van der Waals surface area contributed by atoms with Crippen LogP contribution in [0.4, 0.5) is 5.69 Å². The topological polar surface area (TPSA) is 64.9 Å². The summed E-state index contributed by atoms with van der Waals surface area (Å²) in [5, 5.41) is 14.7. The molecule has 2 N–H and O–H groups in total. The van der Waals surface area contributed by atoms with Crippen molar-refractivity contribution in [3.63, 3.8) is 0 Å². The van der Waals surface area contributed by atoms with E-state index < -0.39 is 0 Å². The predicted molar refractivity (Wildman–Crippen MR) is 107 cm³/mol. The van der Waals surface area contributed by atoms with Gasteiger partial charge in [-0.25, -0.2) is 0 Å². The molecule has 3 aromatic rings. The Balaban J connectivity index is 1.66. The molecule has 0 fully saturated rings. The number of nitriles is 1. The lowest BCUT2D eigenvalue weighted by molar-refractivity contribution is 0.0977. The molecule has 0 radical (unpaired) electrons. The van der Waals surface area contributed by atoms with Crippen LogP contribution in [-0.4, -0.2) is 11.0 Å². The molecule has 0 heterocycles. The van der Waals surface area contributed by atoms with Crippen molar-refractivity contribution in [3.05, 3.63) is 90.0 Å². The van der Waals surface area contributed by atoms with Gasteiger partial charge in [-0.15, -0.1) is 0 Å². The van der Waals surface area contributed by atoms with Gasteiger partial charge in [0.25, 0.3) is 5.91 Å². The standard InChI is InChI=1S/C21H15N3OS/c22-14-15-9-11-17(12-10-15)20(25)24-21(26)23-19-8-4-7-18(13-19)16-5-2-1-3-6-16/h1-13H,(H2,23,24,25,26). The number of rotatable bonds is 3. The molecule has 0 bridgehead atoms. The number of nitrogens with zero attached hydrogens (tertiary/aromatic N) is 1. The number of amides is 1. The minimum absolute atomic E-state index is 0.213. The van der Waals surface area contributed by atoms with Crippen LogP contribution in [0.2, 0.25) is 0 Å². The van der Waals surface area contributed by atoms with E-state index in [1.807, 2.05) is 60.7 Å². The average molecular weight is 357 g/mol. The Morgan fingerprint density at radius 2 is 1.58 bits per heavy atom. The third kappa shape index (κ3) is 4.32. The van der Waals surface area contributed by atoms with Crippen LogP contribution in [0.25, 0.3) is 11.1 Å². The summed E-state index contributed by atoms with van der Waals surface area (Å²) in [5.74, 6) is -0.328. The fraction of sp³-hybridized carbons (Fsp3) is 0. The quantitative estimate of drug-likeness (QED) is 0.684. The zero-order valence-corrected chi connectivity index (χ0v) is 14.6. The molecule has 5 heteroatoms. The lowest BCUT2D eigenvalue weighted by Crippen LogP contribution is -2.34. The molecule has 0 saturated heterocycles. The number of anilines is 1. The third-order valence-electron chi connectivity index (χ3n) is 3.73. The van der Waals surface area contributed by atoms with Crippen molar-refractivity contribution in [3.8, 4) is 17.2 Å². The van der Waals surface area contributed by atoms with Crippen LogP contribution in [-0.2, 0) is 0 Å². The van der Waals surface area contributed by atoms with Gasteiger partial charge in [-0.2, -0.15) is 5.26 Å². The van der Waals surface area contributed by atoms with Crippen molar-refractivity contribution < 1.29 is 4.79 Å². The van der Waals surface area contributed by atoms with Gasteiger partial charge in [0.05, 0.1) is 11.6 Å². The summed E-state index contributed by atoms with van der Waals surface area (Å²) in [6, 6.07) is 26.2. The van der Waals surface area contributed by atoms with Gasteiger partial charge in [0, 0.05) is 11.3 Å². The summed E-state index contributed by atoms with van der Waals surface area (Å²) < 4.78 is 0. The Hall–Kier alpha value is -3.49. The number of nitrogens with one attached hydrogen (secondary N) is 2. The molecule has 0 unspecified atom stereocenters. The van der Waals surface area contributed by atoms with E-state index in [0.717, 1.165) is 16.8 Å². The van der Waals surface area contributed by atoms with Gasteiger partial charge < -0.3 is 5.32 Å². The molecule has 26 heavy (non-hydrogen) atoms. The van der Waals surface area contributed by atoms with E-state index in [0.29, 0.717) is 11.1 Å². The maximum atomic E-state index is 12.2. The van der Waals surface area contributed by atoms with E-state index in [4.69, 9.17) is 17.5 Å². The van der Waals surface area contributed by atoms with Crippen LogP contribution in [0.5, 0.6) is 0 Å². The van der Waals surface area contributed by atoms with E-state index in [1.54, 1.807) is 24.3 Å². The molecule has 126 valence electrons. The Morgan fingerprint density at radius 3 is 2.27 bits per heavy atom. The highest BCUT2D eigenvalue weighted by Crippen LogP contribution is 2.22. The average Bonchev–Trinajstić information content (AvgIpc) is 2.69. The molecule has 0 aromatic heterocycles. The molecule has 0 aliphatic carbocycles. The number of hydrogen-bond donors (Lipinski definition) is 2. The van der Waals surface area contributed by atoms with Gasteiger partial charge in [-0.3, -0.25) is 10.1 Å². The molecule has 0 saturated carbocycles. The molecular weight excluding hydrogens is 342 g/mol. The van der Waals surface area contributed by atoms with Crippen molar-refractivity contribution in [2.45, 2.75) is 0 Å². The second-order valence-electron chi connectivity index (χ2n) is 5.54. The highest BCUT2D eigenvalue weighted by molar-refractivity contribution is 7.80. The smallest absolute Gasteiger partial charge is 0.257 e. The van der Waals surface area contributed by atoms with Gasteiger partial charge in [0.1, 0.15) is 0 Å². The van der Waals surface area contributed by atoms with E-state index in [-0.39, 0.29) is 11.0 Å². The predicted octanol–water partition coefficient (Wildman–Crippen LogP) is 4.35. The van der Waals surface area contributed by atoms with E-state index in [9.17, 15) is 4.79 Å². The Morgan fingerprint density at radius 1 is 0.885 bits per heavy atom. The molecule has 1 amide bonds. The van der Waals surface area contributed by atoms with Crippen molar-refractivity contribution in [1.29, 1.82) is 5.26 Å². The lowest BCUT2D eigenvalue weighted by atomic mass is 10.1. The third-order valence-corrected chi connectivity index (χ3v) is 3.93. The normalized spacial score (nSPS) is 9.81. The van der Waals surface area contributed by atoms with Crippen LogP contribution in [0.15, 0.2) is 78.9 Å². The second kappa shape index (κ2) is 8.06. The van der Waals surface area contributed by atoms with Crippen LogP contribution in [0.3, 0.4) is 0 Å². The number of thiocarbonyl (C=S) groups is 1. The molecule has 0 atom stereocenters. The highest BCUT2D eigenvalue weighted by atomic mass is 32.1. The Labute approximate surface area is 157 Å². The zero-order valence-electron chi connectivity index (χ0n) is 13.8. The number of benzene rings is 3. The van der Waals surface area contributed by atoms with E-state index in [2.05, 4.69) is 10.6 Å². The van der Waals surface area contributed by atoms with E-state index >= 15 is 0 Å². The molecular formula is C21H15N3OS. The highest BCUT2D eigenvalue weighted by Gasteiger charge is 2.08. The van der Waals surface area contributed by atoms with Gasteiger partial charge in [-0.1, -0.05) is 42.5 Å². The van der Waals surface area contributed by atoms with Gasteiger partial charge >= 0.3 is 0 Å². The summed E-state index contributed by atoms with van der Waals surface area (Å²) in [5.41, 5.74) is 3.88. The van der Waals surface area contributed by atoms with Crippen LogP contribution < -0.4 is 10.6 Å². The maximum absolute atomic E-state index is 12.2. The molecule has 3 rings (SSSR count). The first kappa shape index (κ1) is 17.3. The van der Waals surface area contributed by atoms with Crippen molar-refractivity contribution in [2.75, 3.05) is 5.32 Å². The number of carbonyl (C=O) groups is 1. The lowest BCUT2D eigenvalue weighted by Gasteiger charge is -2.11. The first-order valence-electron chi connectivity index (χ1n) is 7.94. The monoisotopic (exact) mass is 357 g/mol. The second-order valence-corrected chi connectivity index (χ2v) is 5.95. The van der Waals surface area contributed by atoms with Crippen molar-refractivity contribution in [1.82, 2.24) is 5.32 Å². The van der Waals surface area contributed by atoms with Gasteiger partial charge in [0.15, 0.2) is 5.11 Å². The molecule has 3 aromatic carbocycles. The zero-order chi connectivity index (χ0) is 18.4. The largest absolute Gasteiger partial charge is 0.332 e. The van der Waals surface area contributed by atoms with Gasteiger partial charge in [0.2, 0.25) is 0 Å². The minimum Gasteiger partial charge on any atom is -0.332 e. The molecule has 4 nitrogen and oxygen atoms in total. The maximum Gasteiger partial charge on any atom is 0.257 e. The fourth-order valence-electron chi connectivity index (χ4n) is 2.44. The van der Waals surface area contributed by atoms with E-state index in [1.165, 1.54) is 0 Å². The molecule has 0 spiro atoms. The summed E-state index contributed by atoms with van der Waals surface area (Å²) in [6.45, 7) is 0. The minimum atomic E-state index is -0.328. The Kier molecular flexibility index (Phi) is 5.37. The van der Waals surface area contributed by atoms with Gasteiger partial charge in [-0.05, 0) is 59.7 Å². The summed E-state index contributed by atoms with van der Waals surface area (Å²) in [4.78, 5) is 12.2. The molecule has 0 aliphatic heterocycles. The summed E-state index contributed by atoms with van der Waals surface area (Å²) in [7, 11) is 0. The van der Waals surface area contributed by atoms with Crippen LogP contribution in [0.1, 0.15) is 15.9 Å². The van der Waals surface area contributed by atoms with Crippen LogP contribution in [0, 0.1) is 11.3 Å². The fourth-order valence-corrected chi connectivity index (χ4v) is 2.65. The first-order valence-corrected chi connectivity index (χ1v) is 8.34. The van der Waals surface area contributed by atoms with Crippen molar-refractivity contribution >= 4 is 28.9 Å². The first-order chi connectivity index (χ1) is 12.7. The number of carbonyl (C=O) groups excluding carboxylic acids is 1. The summed E-state index contributed by atoms with van der Waals surface area (Å²) >= 11 is 5.23. The SMILES string of the molecule is N#Cc1ccc(C(=O)NC(=S)Nc2cccc(-c3ccccc3)c2)cc1. The van der Waals surface area contributed by atoms with Crippen molar-refractivity contribution in [2.24, 2.45) is 0 Å².